The molecule has 1 fully saturated rings. The number of carbonyl (C=O) groups excluding carboxylic acids is 1. The molecule has 2 nitrogen and oxygen atoms in total. The maximum Gasteiger partial charge on any atom is 0.191 e. The van der Waals surface area contributed by atoms with Crippen LogP contribution in [0.25, 0.3) is 0 Å². The van der Waals surface area contributed by atoms with E-state index in [-0.39, 0.29) is 18.1 Å². The van der Waals surface area contributed by atoms with E-state index < -0.39 is 17.6 Å². The quantitative estimate of drug-likeness (QED) is 0.183. The fourth-order valence-corrected chi connectivity index (χ4v) is 5.58. The van der Waals surface area contributed by atoms with Crippen LogP contribution in [0.2, 0.25) is 0 Å². The molecule has 196 valence electrons. The zero-order valence-electron chi connectivity index (χ0n) is 22.0. The van der Waals surface area contributed by atoms with Crippen molar-refractivity contribution in [1.82, 2.24) is 0 Å². The van der Waals surface area contributed by atoms with Gasteiger partial charge < -0.3 is 4.74 Å². The molecule has 2 unspecified atom stereocenters. The molecule has 4 heteroatoms. The predicted molar refractivity (Wildman–Crippen MR) is 138 cm³/mol. The van der Waals surface area contributed by atoms with Gasteiger partial charge in [-0.3, -0.25) is 4.79 Å². The molecule has 2 atom stereocenters. The second-order valence-electron chi connectivity index (χ2n) is 10.8. The molecule has 2 aliphatic carbocycles. The summed E-state index contributed by atoms with van der Waals surface area (Å²) < 4.78 is 35.1. The Kier molecular flexibility index (Phi) is 14.3. The van der Waals surface area contributed by atoms with Crippen molar-refractivity contribution in [2.75, 3.05) is 6.61 Å². The standard InChI is InChI=1S/C30H50F2O2/c1-3-5-7-9-11-13-16-25-18-20-26(21-19-25)24-28(33)30(22-15-17-27(31)29(30)32)34-23-14-12-10-8-6-4-2/h15,17,22,25-26,29H,3-14,16,18-21,23-24H2,1-2H3. The Balaban J connectivity index is 1.78. The zero-order valence-corrected chi connectivity index (χ0v) is 22.0. The summed E-state index contributed by atoms with van der Waals surface area (Å²) in [6.45, 7) is 4.72. The number of alkyl halides is 1. The highest BCUT2D eigenvalue weighted by Crippen LogP contribution is 2.38. The number of hydrogen-bond donors (Lipinski definition) is 0. The van der Waals surface area contributed by atoms with Crippen molar-refractivity contribution in [3.8, 4) is 0 Å². The molecule has 0 aromatic carbocycles. The first-order chi connectivity index (χ1) is 16.5. The zero-order chi connectivity index (χ0) is 24.7. The summed E-state index contributed by atoms with van der Waals surface area (Å²) in [4.78, 5) is 13.3. The van der Waals surface area contributed by atoms with Crippen LogP contribution < -0.4 is 0 Å². The first-order valence-electron chi connectivity index (χ1n) is 14.4. The van der Waals surface area contributed by atoms with Gasteiger partial charge in [0.15, 0.2) is 17.6 Å². The van der Waals surface area contributed by atoms with E-state index >= 15 is 4.39 Å². The Morgan fingerprint density at radius 1 is 0.882 bits per heavy atom. The van der Waals surface area contributed by atoms with Gasteiger partial charge in [-0.25, -0.2) is 8.78 Å². The molecule has 0 saturated heterocycles. The summed E-state index contributed by atoms with van der Waals surface area (Å²) in [5.41, 5.74) is -1.78. The van der Waals surface area contributed by atoms with Gasteiger partial charge in [-0.1, -0.05) is 110 Å². The third-order valence-corrected chi connectivity index (χ3v) is 7.90. The number of ether oxygens (including phenoxy) is 1. The van der Waals surface area contributed by atoms with E-state index in [4.69, 9.17) is 4.74 Å². The third-order valence-electron chi connectivity index (χ3n) is 7.90. The second-order valence-corrected chi connectivity index (χ2v) is 10.8. The fourth-order valence-electron chi connectivity index (χ4n) is 5.58. The third kappa shape index (κ3) is 9.55. The number of unbranched alkanes of at least 4 members (excludes halogenated alkanes) is 10. The number of allylic oxidation sites excluding steroid dienone is 2. The van der Waals surface area contributed by atoms with Gasteiger partial charge in [0.1, 0.15) is 5.83 Å². The first kappa shape index (κ1) is 29.2. The Labute approximate surface area is 208 Å². The number of halogens is 2. The molecule has 34 heavy (non-hydrogen) atoms. The van der Waals surface area contributed by atoms with Crippen LogP contribution in [-0.4, -0.2) is 24.2 Å². The lowest BCUT2D eigenvalue weighted by Gasteiger charge is -2.36. The van der Waals surface area contributed by atoms with Crippen molar-refractivity contribution in [3.63, 3.8) is 0 Å². The van der Waals surface area contributed by atoms with E-state index in [9.17, 15) is 9.18 Å². The van der Waals surface area contributed by atoms with E-state index in [1.165, 1.54) is 76.4 Å². The van der Waals surface area contributed by atoms with E-state index in [0.717, 1.165) is 56.9 Å². The van der Waals surface area contributed by atoms with Crippen molar-refractivity contribution < 1.29 is 18.3 Å². The number of rotatable bonds is 18. The molecule has 0 amide bonds. The molecule has 0 aromatic rings. The van der Waals surface area contributed by atoms with Gasteiger partial charge in [-0.2, -0.15) is 0 Å². The average molecular weight is 481 g/mol. The Bertz CT molecular complexity index is 621. The molecule has 0 N–H and O–H groups in total. The molecule has 2 rings (SSSR count). The molecule has 1 saturated carbocycles. The average Bonchev–Trinajstić information content (AvgIpc) is 2.84. The van der Waals surface area contributed by atoms with Gasteiger partial charge in [-0.15, -0.1) is 0 Å². The molecular formula is C30H50F2O2. The van der Waals surface area contributed by atoms with Crippen LogP contribution in [0.3, 0.4) is 0 Å². The molecular weight excluding hydrogens is 430 g/mol. The van der Waals surface area contributed by atoms with Crippen LogP contribution in [0.5, 0.6) is 0 Å². The number of carbonyl (C=O) groups is 1. The minimum atomic E-state index is -2.03. The van der Waals surface area contributed by atoms with E-state index in [2.05, 4.69) is 13.8 Å². The van der Waals surface area contributed by atoms with E-state index in [0.29, 0.717) is 6.61 Å². The lowest BCUT2D eigenvalue weighted by Crippen LogP contribution is -2.50. The van der Waals surface area contributed by atoms with Gasteiger partial charge in [0.2, 0.25) is 0 Å². The highest BCUT2D eigenvalue weighted by molar-refractivity contribution is 5.91. The van der Waals surface area contributed by atoms with Crippen LogP contribution in [0.15, 0.2) is 24.1 Å². The van der Waals surface area contributed by atoms with Crippen molar-refractivity contribution in [2.45, 2.75) is 141 Å². The van der Waals surface area contributed by atoms with Crippen LogP contribution >= 0.6 is 0 Å². The Hall–Kier alpha value is -1.03. The minimum Gasteiger partial charge on any atom is -0.359 e. The lowest BCUT2D eigenvalue weighted by atomic mass is 9.75. The van der Waals surface area contributed by atoms with Crippen LogP contribution in [0.1, 0.15) is 129 Å². The van der Waals surface area contributed by atoms with E-state index in [1.807, 2.05) is 0 Å². The molecule has 2 aliphatic rings. The predicted octanol–water partition coefficient (Wildman–Crippen LogP) is 9.38. The summed E-state index contributed by atoms with van der Waals surface area (Å²) in [6.07, 6.45) is 22.4. The largest absolute Gasteiger partial charge is 0.359 e. The molecule has 0 heterocycles. The van der Waals surface area contributed by atoms with Gasteiger partial charge >= 0.3 is 0 Å². The summed E-state index contributed by atoms with van der Waals surface area (Å²) in [7, 11) is 0. The van der Waals surface area contributed by atoms with Crippen molar-refractivity contribution in [2.24, 2.45) is 11.8 Å². The fraction of sp³-hybridized carbons (Fsp3) is 0.833. The van der Waals surface area contributed by atoms with Crippen LogP contribution in [-0.2, 0) is 9.53 Å². The van der Waals surface area contributed by atoms with Crippen LogP contribution in [0, 0.1) is 11.8 Å². The summed E-state index contributed by atoms with van der Waals surface area (Å²) in [5.74, 6) is -0.164. The summed E-state index contributed by atoms with van der Waals surface area (Å²) in [5, 5.41) is 0. The van der Waals surface area contributed by atoms with Gasteiger partial charge in [-0.05, 0) is 43.3 Å². The monoisotopic (exact) mass is 480 g/mol. The lowest BCUT2D eigenvalue weighted by molar-refractivity contribution is -0.147. The van der Waals surface area contributed by atoms with Crippen molar-refractivity contribution >= 4 is 5.78 Å². The molecule has 0 aliphatic heterocycles. The number of hydrogen-bond acceptors (Lipinski definition) is 2. The summed E-state index contributed by atoms with van der Waals surface area (Å²) >= 11 is 0. The smallest absolute Gasteiger partial charge is 0.191 e. The topological polar surface area (TPSA) is 26.3 Å². The number of ketones is 1. The maximum atomic E-state index is 15.0. The highest BCUT2D eigenvalue weighted by atomic mass is 19.2. The summed E-state index contributed by atoms with van der Waals surface area (Å²) in [6, 6.07) is 0. The Morgan fingerprint density at radius 3 is 2.09 bits per heavy atom. The molecule has 0 spiro atoms. The second kappa shape index (κ2) is 16.6. The number of Topliss-reactive ketones (excluding diaryl/α,β-unsaturated/α-hetero) is 1. The van der Waals surface area contributed by atoms with Gasteiger partial charge in [0.05, 0.1) is 0 Å². The molecule has 0 aromatic heterocycles. The molecule has 0 radical (unpaired) electrons. The first-order valence-corrected chi connectivity index (χ1v) is 14.4. The van der Waals surface area contributed by atoms with E-state index in [1.54, 1.807) is 0 Å². The normalized spacial score (nSPS) is 27.1. The maximum absolute atomic E-state index is 15.0. The highest BCUT2D eigenvalue weighted by Gasteiger charge is 2.49. The van der Waals surface area contributed by atoms with Gasteiger partial charge in [0, 0.05) is 13.0 Å². The SMILES string of the molecule is CCCCCCCCOC1(C(=O)CC2CCC(CCCCCCCC)CC2)C=CC=C(F)C1F. The van der Waals surface area contributed by atoms with Gasteiger partial charge in [0.25, 0.3) is 0 Å². The minimum absolute atomic E-state index is 0.261. The van der Waals surface area contributed by atoms with Crippen LogP contribution in [0.4, 0.5) is 8.78 Å². The molecule has 0 bridgehead atoms. The van der Waals surface area contributed by atoms with Crippen molar-refractivity contribution in [1.29, 1.82) is 0 Å². The Morgan fingerprint density at radius 2 is 1.44 bits per heavy atom. The van der Waals surface area contributed by atoms with Crippen molar-refractivity contribution in [3.05, 3.63) is 24.1 Å².